The molecular formula is C14H28O2. The fourth-order valence-electron chi connectivity index (χ4n) is 1.85. The van der Waals surface area contributed by atoms with Gasteiger partial charge in [0.1, 0.15) is 0 Å². The Morgan fingerprint density at radius 3 is 2.38 bits per heavy atom. The molecule has 0 N–H and O–H groups in total. The van der Waals surface area contributed by atoms with Crippen molar-refractivity contribution in [2.24, 2.45) is 5.92 Å². The number of esters is 1. The number of carbonyl (C=O) groups is 1. The number of carbonyl (C=O) groups excluding carboxylic acids is 1. The SMILES string of the molecule is CCCCCC(CC)CCOC(=O)CCC. The molecular weight excluding hydrogens is 200 g/mol. The van der Waals surface area contributed by atoms with Crippen LogP contribution in [0.1, 0.15) is 72.1 Å². The summed E-state index contributed by atoms with van der Waals surface area (Å²) in [5.74, 6) is 0.701. The molecule has 0 aliphatic carbocycles. The van der Waals surface area contributed by atoms with Gasteiger partial charge in [0, 0.05) is 6.42 Å². The van der Waals surface area contributed by atoms with Crippen LogP contribution in [0.5, 0.6) is 0 Å². The van der Waals surface area contributed by atoms with Crippen LogP contribution in [0.4, 0.5) is 0 Å². The Morgan fingerprint density at radius 2 is 1.81 bits per heavy atom. The molecule has 0 aromatic carbocycles. The first-order valence-electron chi connectivity index (χ1n) is 6.90. The van der Waals surface area contributed by atoms with E-state index in [2.05, 4.69) is 13.8 Å². The Kier molecular flexibility index (Phi) is 10.6. The first-order valence-corrected chi connectivity index (χ1v) is 6.90. The standard InChI is InChI=1S/C14H28O2/c1-4-7-8-10-13(6-3)11-12-16-14(15)9-5-2/h13H,4-12H2,1-3H3. The number of hydrogen-bond donors (Lipinski definition) is 0. The monoisotopic (exact) mass is 228 g/mol. The van der Waals surface area contributed by atoms with Crippen molar-refractivity contribution in [1.82, 2.24) is 0 Å². The van der Waals surface area contributed by atoms with Crippen molar-refractivity contribution in [3.05, 3.63) is 0 Å². The van der Waals surface area contributed by atoms with Gasteiger partial charge in [-0.1, -0.05) is 52.9 Å². The molecule has 2 heteroatoms. The Labute approximate surface area is 101 Å². The van der Waals surface area contributed by atoms with Gasteiger partial charge < -0.3 is 4.74 Å². The summed E-state index contributed by atoms with van der Waals surface area (Å²) in [6.45, 7) is 7.07. The summed E-state index contributed by atoms with van der Waals surface area (Å²) in [4.78, 5) is 11.2. The minimum atomic E-state index is -0.0362. The van der Waals surface area contributed by atoms with E-state index in [4.69, 9.17) is 4.74 Å². The zero-order valence-electron chi connectivity index (χ0n) is 11.3. The zero-order valence-corrected chi connectivity index (χ0v) is 11.3. The second-order valence-corrected chi connectivity index (χ2v) is 4.53. The number of rotatable bonds is 10. The van der Waals surface area contributed by atoms with Crippen molar-refractivity contribution < 1.29 is 9.53 Å². The quantitative estimate of drug-likeness (QED) is 0.411. The van der Waals surface area contributed by atoms with Crippen molar-refractivity contribution >= 4 is 5.97 Å². The van der Waals surface area contributed by atoms with Crippen LogP contribution in [-0.4, -0.2) is 12.6 Å². The fourth-order valence-corrected chi connectivity index (χ4v) is 1.85. The maximum absolute atomic E-state index is 11.2. The van der Waals surface area contributed by atoms with Crippen LogP contribution in [-0.2, 0) is 9.53 Å². The molecule has 0 aromatic rings. The maximum Gasteiger partial charge on any atom is 0.305 e. The summed E-state index contributed by atoms with van der Waals surface area (Å²) < 4.78 is 5.18. The van der Waals surface area contributed by atoms with E-state index in [-0.39, 0.29) is 5.97 Å². The van der Waals surface area contributed by atoms with Crippen molar-refractivity contribution in [3.63, 3.8) is 0 Å². The smallest absolute Gasteiger partial charge is 0.305 e. The highest BCUT2D eigenvalue weighted by Crippen LogP contribution is 2.17. The van der Waals surface area contributed by atoms with E-state index in [1.54, 1.807) is 0 Å². The highest BCUT2D eigenvalue weighted by molar-refractivity contribution is 5.69. The average Bonchev–Trinajstić information content (AvgIpc) is 2.27. The molecule has 0 amide bonds. The van der Waals surface area contributed by atoms with Crippen LogP contribution in [0.15, 0.2) is 0 Å². The lowest BCUT2D eigenvalue weighted by Crippen LogP contribution is -2.09. The van der Waals surface area contributed by atoms with E-state index in [1.807, 2.05) is 6.92 Å². The van der Waals surface area contributed by atoms with Gasteiger partial charge in [0.05, 0.1) is 6.61 Å². The van der Waals surface area contributed by atoms with Gasteiger partial charge in [0.25, 0.3) is 0 Å². The van der Waals surface area contributed by atoms with Crippen molar-refractivity contribution in [2.45, 2.75) is 72.1 Å². The predicted molar refractivity (Wildman–Crippen MR) is 68.4 cm³/mol. The third kappa shape index (κ3) is 8.75. The molecule has 0 aliphatic rings. The molecule has 0 bridgehead atoms. The fraction of sp³-hybridized carbons (Fsp3) is 0.929. The molecule has 0 heterocycles. The van der Waals surface area contributed by atoms with Gasteiger partial charge in [-0.25, -0.2) is 0 Å². The van der Waals surface area contributed by atoms with Gasteiger partial charge in [-0.15, -0.1) is 0 Å². The van der Waals surface area contributed by atoms with Crippen LogP contribution < -0.4 is 0 Å². The maximum atomic E-state index is 11.2. The molecule has 0 aliphatic heterocycles. The molecule has 16 heavy (non-hydrogen) atoms. The topological polar surface area (TPSA) is 26.3 Å². The molecule has 1 unspecified atom stereocenters. The molecule has 0 saturated heterocycles. The van der Waals surface area contributed by atoms with Crippen molar-refractivity contribution in [2.75, 3.05) is 6.61 Å². The summed E-state index contributed by atoms with van der Waals surface area (Å²) in [6, 6.07) is 0. The third-order valence-electron chi connectivity index (χ3n) is 3.04. The summed E-state index contributed by atoms with van der Waals surface area (Å²) in [5.41, 5.74) is 0. The lowest BCUT2D eigenvalue weighted by atomic mass is 9.96. The molecule has 1 atom stereocenters. The summed E-state index contributed by atoms with van der Waals surface area (Å²) in [5, 5.41) is 0. The summed E-state index contributed by atoms with van der Waals surface area (Å²) in [7, 11) is 0. The third-order valence-corrected chi connectivity index (χ3v) is 3.04. The molecule has 0 rings (SSSR count). The van der Waals surface area contributed by atoms with Gasteiger partial charge in [-0.3, -0.25) is 4.79 Å². The summed E-state index contributed by atoms with van der Waals surface area (Å²) in [6.07, 6.45) is 8.89. The lowest BCUT2D eigenvalue weighted by molar-refractivity contribution is -0.144. The van der Waals surface area contributed by atoms with E-state index in [1.165, 1.54) is 32.1 Å². The second kappa shape index (κ2) is 11.0. The van der Waals surface area contributed by atoms with Crippen LogP contribution in [0.25, 0.3) is 0 Å². The average molecular weight is 228 g/mol. The molecule has 0 aromatic heterocycles. The Bertz CT molecular complexity index is 166. The minimum absolute atomic E-state index is 0.0362. The van der Waals surface area contributed by atoms with E-state index < -0.39 is 0 Å². The largest absolute Gasteiger partial charge is 0.466 e. The molecule has 0 fully saturated rings. The van der Waals surface area contributed by atoms with E-state index in [0.29, 0.717) is 13.0 Å². The lowest BCUT2D eigenvalue weighted by Gasteiger charge is -2.14. The van der Waals surface area contributed by atoms with Crippen LogP contribution in [0.2, 0.25) is 0 Å². The van der Waals surface area contributed by atoms with Gasteiger partial charge in [0.15, 0.2) is 0 Å². The first kappa shape index (κ1) is 15.5. The normalized spacial score (nSPS) is 12.4. The van der Waals surface area contributed by atoms with Gasteiger partial charge in [-0.2, -0.15) is 0 Å². The van der Waals surface area contributed by atoms with E-state index >= 15 is 0 Å². The highest BCUT2D eigenvalue weighted by atomic mass is 16.5. The van der Waals surface area contributed by atoms with Crippen molar-refractivity contribution in [1.29, 1.82) is 0 Å². The van der Waals surface area contributed by atoms with Crippen LogP contribution in [0, 0.1) is 5.92 Å². The summed E-state index contributed by atoms with van der Waals surface area (Å²) >= 11 is 0. The van der Waals surface area contributed by atoms with Crippen LogP contribution >= 0.6 is 0 Å². The van der Waals surface area contributed by atoms with Crippen LogP contribution in [0.3, 0.4) is 0 Å². The van der Waals surface area contributed by atoms with E-state index in [0.717, 1.165) is 18.8 Å². The molecule has 0 spiro atoms. The number of unbranched alkanes of at least 4 members (excludes halogenated alkanes) is 2. The van der Waals surface area contributed by atoms with Crippen molar-refractivity contribution in [3.8, 4) is 0 Å². The predicted octanol–water partition coefficient (Wildman–Crippen LogP) is 4.33. The Balaban J connectivity index is 3.50. The van der Waals surface area contributed by atoms with Gasteiger partial charge >= 0.3 is 5.97 Å². The molecule has 0 saturated carbocycles. The van der Waals surface area contributed by atoms with Gasteiger partial charge in [-0.05, 0) is 18.8 Å². The Morgan fingerprint density at radius 1 is 1.06 bits per heavy atom. The molecule has 2 nitrogen and oxygen atoms in total. The number of ether oxygens (including phenoxy) is 1. The highest BCUT2D eigenvalue weighted by Gasteiger charge is 2.07. The Hall–Kier alpha value is -0.530. The number of hydrogen-bond acceptors (Lipinski definition) is 2. The van der Waals surface area contributed by atoms with Gasteiger partial charge in [0.2, 0.25) is 0 Å². The molecule has 96 valence electrons. The molecule has 0 radical (unpaired) electrons. The van der Waals surface area contributed by atoms with E-state index in [9.17, 15) is 4.79 Å². The first-order chi connectivity index (χ1) is 7.74. The second-order valence-electron chi connectivity index (χ2n) is 4.53. The minimum Gasteiger partial charge on any atom is -0.466 e. The zero-order chi connectivity index (χ0) is 12.2.